The molecule has 2 rings (SSSR count). The molecule has 0 radical (unpaired) electrons. The summed E-state index contributed by atoms with van der Waals surface area (Å²) in [6, 6.07) is 4.67. The molecule has 10 nitrogen and oxygen atoms in total. The van der Waals surface area contributed by atoms with E-state index in [4.69, 9.17) is 15.2 Å². The Labute approximate surface area is 124 Å². The van der Waals surface area contributed by atoms with Crippen LogP contribution in [0.5, 0.6) is 17.4 Å². The van der Waals surface area contributed by atoms with Gasteiger partial charge in [0.1, 0.15) is 0 Å². The Hall–Kier alpha value is -3.30. The van der Waals surface area contributed by atoms with Crippen molar-refractivity contribution >= 4 is 17.9 Å². The van der Waals surface area contributed by atoms with Gasteiger partial charge in [-0.3, -0.25) is 4.79 Å². The number of hydrogen-bond acceptors (Lipinski definition) is 9. The summed E-state index contributed by atoms with van der Waals surface area (Å²) in [5, 5.41) is 19.9. The lowest BCUT2D eigenvalue weighted by Crippen LogP contribution is -2.24. The van der Waals surface area contributed by atoms with Crippen LogP contribution in [0.1, 0.15) is 5.56 Å². The van der Waals surface area contributed by atoms with Gasteiger partial charge in [-0.2, -0.15) is 5.10 Å². The number of nitrogens with two attached hydrogens (primary N) is 1. The van der Waals surface area contributed by atoms with Crippen LogP contribution in [0.15, 0.2) is 27.9 Å². The molecule has 4 N–H and O–H groups in total. The van der Waals surface area contributed by atoms with Crippen LogP contribution in [0.4, 0.5) is 5.82 Å². The maximum atomic E-state index is 11.5. The number of phenolic OH excluding ortho intramolecular Hbond substituents is 1. The van der Waals surface area contributed by atoms with Crippen LogP contribution in [-0.2, 0) is 4.79 Å². The average molecular weight is 307 g/mol. The van der Waals surface area contributed by atoms with Crippen LogP contribution in [0, 0.1) is 0 Å². The lowest BCUT2D eigenvalue weighted by atomic mass is 10.2. The average Bonchev–Trinajstić information content (AvgIpc) is 2.91. The second kappa shape index (κ2) is 6.92. The Balaban J connectivity index is 1.83. The molecule has 0 fully saturated rings. The summed E-state index contributed by atoms with van der Waals surface area (Å²) in [6.07, 6.45) is 1.35. The van der Waals surface area contributed by atoms with E-state index < -0.39 is 5.91 Å². The highest BCUT2D eigenvalue weighted by Crippen LogP contribution is 2.25. The van der Waals surface area contributed by atoms with Crippen molar-refractivity contribution in [3.63, 3.8) is 0 Å². The van der Waals surface area contributed by atoms with Gasteiger partial charge in [0.2, 0.25) is 5.82 Å². The van der Waals surface area contributed by atoms with Crippen molar-refractivity contribution in [2.24, 2.45) is 5.10 Å². The molecular weight excluding hydrogens is 294 g/mol. The topological polar surface area (TPSA) is 145 Å². The molecule has 0 spiro atoms. The fraction of sp³-hybridized carbons (Fsp3) is 0.167. The first-order chi connectivity index (χ1) is 10.6. The Morgan fingerprint density at radius 1 is 1.55 bits per heavy atom. The Morgan fingerprint density at radius 2 is 2.36 bits per heavy atom. The maximum Gasteiger partial charge on any atom is 0.300 e. The molecule has 2 aromatic rings. The van der Waals surface area contributed by atoms with Crippen molar-refractivity contribution in [1.29, 1.82) is 0 Å². The van der Waals surface area contributed by atoms with Crippen molar-refractivity contribution in [3.8, 4) is 17.4 Å². The molecule has 1 aromatic carbocycles. The first-order valence-corrected chi connectivity index (χ1v) is 6.00. The van der Waals surface area contributed by atoms with Crippen LogP contribution in [-0.4, -0.2) is 41.3 Å². The molecule has 0 atom stereocenters. The highest BCUT2D eigenvalue weighted by Gasteiger charge is 2.09. The maximum absolute atomic E-state index is 11.5. The fourth-order valence-electron chi connectivity index (χ4n) is 1.42. The highest BCUT2D eigenvalue weighted by molar-refractivity contribution is 5.83. The number of carbonyl (C=O) groups is 1. The SMILES string of the molecule is COc1ccc(/C=N/NC(=O)COc2nonc2N)cc1O. The van der Waals surface area contributed by atoms with Crippen molar-refractivity contribution in [2.75, 3.05) is 19.5 Å². The smallest absolute Gasteiger partial charge is 0.300 e. The van der Waals surface area contributed by atoms with Gasteiger partial charge in [0.25, 0.3) is 5.91 Å². The van der Waals surface area contributed by atoms with E-state index in [0.717, 1.165) is 0 Å². The van der Waals surface area contributed by atoms with Gasteiger partial charge in [0.15, 0.2) is 18.1 Å². The summed E-state index contributed by atoms with van der Waals surface area (Å²) < 4.78 is 14.2. The number of nitrogens with zero attached hydrogens (tertiary/aromatic N) is 3. The van der Waals surface area contributed by atoms with Crippen LogP contribution < -0.4 is 20.6 Å². The number of benzene rings is 1. The van der Waals surface area contributed by atoms with Gasteiger partial charge < -0.3 is 20.3 Å². The van der Waals surface area contributed by atoms with Crippen molar-refractivity contribution in [2.45, 2.75) is 0 Å². The van der Waals surface area contributed by atoms with Gasteiger partial charge in [-0.1, -0.05) is 0 Å². The molecule has 1 aromatic heterocycles. The zero-order valence-electron chi connectivity index (χ0n) is 11.5. The number of nitrogens with one attached hydrogen (secondary N) is 1. The molecule has 0 aliphatic heterocycles. The standard InChI is InChI=1S/C12H13N5O5/c1-20-9-3-2-7(4-8(9)18)5-14-15-10(19)6-21-12-11(13)16-22-17-12/h2-5,18H,6H2,1H3,(H2,13,16)(H,15,19)/b14-5+. The minimum Gasteiger partial charge on any atom is -0.504 e. The van der Waals surface area contributed by atoms with E-state index in [1.807, 2.05) is 0 Å². The third-order valence-corrected chi connectivity index (χ3v) is 2.43. The monoisotopic (exact) mass is 307 g/mol. The van der Waals surface area contributed by atoms with Crippen molar-refractivity contribution in [3.05, 3.63) is 23.8 Å². The predicted molar refractivity (Wildman–Crippen MR) is 74.6 cm³/mol. The Morgan fingerprint density at radius 3 is 3.00 bits per heavy atom. The number of anilines is 1. The number of hydrazone groups is 1. The zero-order chi connectivity index (χ0) is 15.9. The Bertz CT molecular complexity index is 684. The summed E-state index contributed by atoms with van der Waals surface area (Å²) in [7, 11) is 1.44. The quantitative estimate of drug-likeness (QED) is 0.495. The molecule has 0 saturated heterocycles. The van der Waals surface area contributed by atoms with Gasteiger partial charge in [0.05, 0.1) is 13.3 Å². The van der Waals surface area contributed by atoms with Crippen molar-refractivity contribution < 1.29 is 24.0 Å². The number of amides is 1. The van der Waals surface area contributed by atoms with Crippen molar-refractivity contribution in [1.82, 2.24) is 15.7 Å². The lowest BCUT2D eigenvalue weighted by molar-refractivity contribution is -0.123. The van der Waals surface area contributed by atoms with E-state index in [2.05, 4.69) is 25.5 Å². The number of nitrogen functional groups attached to an aromatic ring is 1. The molecule has 22 heavy (non-hydrogen) atoms. The number of phenols is 1. The van der Waals surface area contributed by atoms with Crippen LogP contribution in [0.25, 0.3) is 0 Å². The number of ether oxygens (including phenoxy) is 2. The van der Waals surface area contributed by atoms with Gasteiger partial charge in [0, 0.05) is 0 Å². The van der Waals surface area contributed by atoms with Gasteiger partial charge in [-0.05, 0) is 34.1 Å². The zero-order valence-corrected chi connectivity index (χ0v) is 11.5. The van der Waals surface area contributed by atoms with E-state index in [9.17, 15) is 9.90 Å². The summed E-state index contributed by atoms with van der Waals surface area (Å²) in [5.74, 6) is -0.343. The van der Waals surface area contributed by atoms with E-state index in [1.165, 1.54) is 19.4 Å². The highest BCUT2D eigenvalue weighted by atomic mass is 16.6. The number of carbonyl (C=O) groups excluding carboxylic acids is 1. The van der Waals surface area contributed by atoms with E-state index in [1.54, 1.807) is 12.1 Å². The summed E-state index contributed by atoms with van der Waals surface area (Å²) in [4.78, 5) is 11.5. The van der Waals surface area contributed by atoms with Crippen LogP contribution in [0.2, 0.25) is 0 Å². The summed E-state index contributed by atoms with van der Waals surface area (Å²) in [5.41, 5.74) is 8.16. The van der Waals surface area contributed by atoms with E-state index in [-0.39, 0.29) is 24.1 Å². The molecule has 0 saturated carbocycles. The lowest BCUT2D eigenvalue weighted by Gasteiger charge is -2.03. The van der Waals surface area contributed by atoms with Gasteiger partial charge in [-0.15, -0.1) is 0 Å². The normalized spacial score (nSPS) is 10.6. The minimum atomic E-state index is -0.531. The number of hydrogen-bond donors (Lipinski definition) is 3. The largest absolute Gasteiger partial charge is 0.504 e. The first kappa shape index (κ1) is 15.1. The minimum absolute atomic E-state index is 0.0323. The Kier molecular flexibility index (Phi) is 4.75. The van der Waals surface area contributed by atoms with Crippen LogP contribution >= 0.6 is 0 Å². The number of aromatic hydroxyl groups is 1. The molecule has 0 bridgehead atoms. The van der Waals surface area contributed by atoms with Gasteiger partial charge in [-0.25, -0.2) is 10.1 Å². The van der Waals surface area contributed by atoms with Gasteiger partial charge >= 0.3 is 5.88 Å². The third-order valence-electron chi connectivity index (χ3n) is 2.43. The first-order valence-electron chi connectivity index (χ1n) is 6.00. The third kappa shape index (κ3) is 3.85. The number of methoxy groups -OCH3 is 1. The molecule has 0 aliphatic rings. The second-order valence-electron chi connectivity index (χ2n) is 3.97. The molecule has 0 aliphatic carbocycles. The van der Waals surface area contributed by atoms with E-state index in [0.29, 0.717) is 11.3 Å². The molecule has 116 valence electrons. The molecule has 1 heterocycles. The molecule has 0 unspecified atom stereocenters. The summed E-state index contributed by atoms with van der Waals surface area (Å²) in [6.45, 7) is -0.358. The fourth-order valence-corrected chi connectivity index (χ4v) is 1.42. The van der Waals surface area contributed by atoms with E-state index >= 15 is 0 Å². The molecular formula is C12H13N5O5. The summed E-state index contributed by atoms with van der Waals surface area (Å²) >= 11 is 0. The number of rotatable bonds is 6. The molecule has 10 heteroatoms. The molecule has 1 amide bonds. The second-order valence-corrected chi connectivity index (χ2v) is 3.97. The predicted octanol–water partition coefficient (Wildman–Crippen LogP) is -0.105. The number of aromatic nitrogens is 2. The van der Waals surface area contributed by atoms with Crippen LogP contribution in [0.3, 0.4) is 0 Å².